The van der Waals surface area contributed by atoms with Gasteiger partial charge in [0.2, 0.25) is 0 Å². The second-order valence-electron chi connectivity index (χ2n) is 4.32. The van der Waals surface area contributed by atoms with Gasteiger partial charge >= 0.3 is 0 Å². The zero-order valence-corrected chi connectivity index (χ0v) is 12.2. The van der Waals surface area contributed by atoms with E-state index in [4.69, 9.17) is 22.1 Å². The van der Waals surface area contributed by atoms with Gasteiger partial charge in [-0.1, -0.05) is 17.7 Å². The summed E-state index contributed by atoms with van der Waals surface area (Å²) in [5, 5.41) is 3.86. The smallest absolute Gasteiger partial charge is 0.158 e. The highest BCUT2D eigenvalue weighted by Gasteiger charge is 2.05. The van der Waals surface area contributed by atoms with E-state index < -0.39 is 0 Å². The van der Waals surface area contributed by atoms with Crippen molar-refractivity contribution in [1.29, 1.82) is 0 Å². The molecular weight excluding hydrogens is 276 g/mol. The molecule has 1 heterocycles. The largest absolute Gasteiger partial charge is 0.384 e. The predicted octanol–water partition coefficient (Wildman–Crippen LogP) is 3.30. The summed E-state index contributed by atoms with van der Waals surface area (Å²) >= 11 is 6.00. The van der Waals surface area contributed by atoms with E-state index in [0.717, 1.165) is 11.3 Å². The molecule has 0 aliphatic rings. The fourth-order valence-electron chi connectivity index (χ4n) is 1.71. The van der Waals surface area contributed by atoms with Gasteiger partial charge < -0.3 is 15.8 Å². The Morgan fingerprint density at radius 1 is 1.30 bits per heavy atom. The molecule has 5 nitrogen and oxygen atoms in total. The zero-order valence-electron chi connectivity index (χ0n) is 11.5. The van der Waals surface area contributed by atoms with Gasteiger partial charge in [-0.25, -0.2) is 9.97 Å². The fraction of sp³-hybridized carbons (Fsp3) is 0.286. The molecule has 0 atom stereocenters. The molecule has 106 valence electrons. The number of aryl methyl sites for hydroxylation is 1. The predicted molar refractivity (Wildman–Crippen MR) is 81.2 cm³/mol. The molecule has 0 fully saturated rings. The first kappa shape index (κ1) is 14.6. The quantitative estimate of drug-likeness (QED) is 0.884. The Kier molecular flexibility index (Phi) is 4.76. The molecule has 1 aromatic heterocycles. The minimum atomic E-state index is 0.338. The van der Waals surface area contributed by atoms with Crippen molar-refractivity contribution in [3.05, 3.63) is 40.7 Å². The molecule has 0 radical (unpaired) electrons. The Morgan fingerprint density at radius 2 is 2.10 bits per heavy atom. The van der Waals surface area contributed by atoms with Crippen molar-refractivity contribution in [3.63, 3.8) is 0 Å². The van der Waals surface area contributed by atoms with Crippen molar-refractivity contribution >= 4 is 28.9 Å². The van der Waals surface area contributed by atoms with Crippen LogP contribution >= 0.6 is 11.6 Å². The highest BCUT2D eigenvalue weighted by molar-refractivity contribution is 6.30. The Hall–Kier alpha value is -1.85. The molecule has 0 saturated heterocycles. The number of halogens is 1. The van der Waals surface area contributed by atoms with E-state index in [1.165, 1.54) is 0 Å². The summed E-state index contributed by atoms with van der Waals surface area (Å²) in [5.41, 5.74) is 7.73. The molecule has 0 saturated carbocycles. The normalized spacial score (nSPS) is 10.6. The van der Waals surface area contributed by atoms with Crippen LogP contribution in [0.2, 0.25) is 5.02 Å². The number of rotatable bonds is 5. The number of hydrogen-bond donors (Lipinski definition) is 2. The van der Waals surface area contributed by atoms with Gasteiger partial charge in [-0.3, -0.25) is 0 Å². The third kappa shape index (κ3) is 3.82. The maximum atomic E-state index is 6.00. The van der Waals surface area contributed by atoms with Gasteiger partial charge in [0.1, 0.15) is 18.2 Å². The van der Waals surface area contributed by atoms with E-state index in [-0.39, 0.29) is 0 Å². The Morgan fingerprint density at radius 3 is 2.85 bits per heavy atom. The molecule has 0 aliphatic heterocycles. The number of benzene rings is 1. The van der Waals surface area contributed by atoms with Crippen LogP contribution in [0.15, 0.2) is 24.3 Å². The number of nitrogen functional groups attached to an aromatic ring is 1. The van der Waals surface area contributed by atoms with Gasteiger partial charge in [-0.15, -0.1) is 0 Å². The molecule has 0 amide bonds. The summed E-state index contributed by atoms with van der Waals surface area (Å²) in [6.45, 7) is 4.85. The van der Waals surface area contributed by atoms with Gasteiger partial charge in [-0.2, -0.15) is 0 Å². The van der Waals surface area contributed by atoms with E-state index in [1.807, 2.05) is 32.0 Å². The minimum absolute atomic E-state index is 0.338. The van der Waals surface area contributed by atoms with Crippen LogP contribution in [0.5, 0.6) is 0 Å². The molecule has 2 aromatic rings. The summed E-state index contributed by atoms with van der Waals surface area (Å²) in [6.07, 6.45) is 0. The summed E-state index contributed by atoms with van der Waals surface area (Å²) in [7, 11) is 0. The van der Waals surface area contributed by atoms with Crippen molar-refractivity contribution < 1.29 is 4.74 Å². The van der Waals surface area contributed by atoms with Gasteiger partial charge in [0.25, 0.3) is 0 Å². The van der Waals surface area contributed by atoms with Gasteiger partial charge in [0.05, 0.1) is 0 Å². The van der Waals surface area contributed by atoms with Crippen molar-refractivity contribution in [2.75, 3.05) is 17.7 Å². The Bertz CT molecular complexity index is 604. The van der Waals surface area contributed by atoms with Crippen LogP contribution in [0.1, 0.15) is 18.3 Å². The molecule has 3 N–H and O–H groups in total. The van der Waals surface area contributed by atoms with E-state index >= 15 is 0 Å². The monoisotopic (exact) mass is 292 g/mol. The van der Waals surface area contributed by atoms with Crippen LogP contribution in [0.3, 0.4) is 0 Å². The molecule has 2 rings (SSSR count). The van der Waals surface area contributed by atoms with Crippen molar-refractivity contribution in [2.24, 2.45) is 0 Å². The van der Waals surface area contributed by atoms with E-state index in [0.29, 0.717) is 35.7 Å². The first-order valence-electron chi connectivity index (χ1n) is 6.33. The maximum Gasteiger partial charge on any atom is 0.158 e. The number of nitrogens with two attached hydrogens (primary N) is 1. The van der Waals surface area contributed by atoms with Gasteiger partial charge in [-0.05, 0) is 31.5 Å². The van der Waals surface area contributed by atoms with E-state index in [2.05, 4.69) is 15.3 Å². The lowest BCUT2D eigenvalue weighted by atomic mass is 10.2. The second-order valence-corrected chi connectivity index (χ2v) is 4.75. The molecular formula is C14H17ClN4O. The summed E-state index contributed by atoms with van der Waals surface area (Å²) < 4.78 is 5.29. The van der Waals surface area contributed by atoms with E-state index in [1.54, 1.807) is 6.07 Å². The average molecular weight is 293 g/mol. The van der Waals surface area contributed by atoms with Crippen LogP contribution < -0.4 is 11.1 Å². The first-order valence-corrected chi connectivity index (χ1v) is 6.70. The highest BCUT2D eigenvalue weighted by Crippen LogP contribution is 2.23. The standard InChI is InChI=1S/C14H17ClN4O/c1-3-20-8-14-18-12(16)7-13(19-14)17-11-6-10(15)5-4-9(11)2/h4-7H,3,8H2,1-2H3,(H3,16,17,18,19). The zero-order chi connectivity index (χ0) is 14.5. The van der Waals surface area contributed by atoms with E-state index in [9.17, 15) is 0 Å². The second kappa shape index (κ2) is 6.54. The third-order valence-corrected chi connectivity index (χ3v) is 2.93. The van der Waals surface area contributed by atoms with Crippen LogP contribution in [0.25, 0.3) is 0 Å². The Balaban J connectivity index is 2.24. The van der Waals surface area contributed by atoms with Crippen molar-refractivity contribution in [1.82, 2.24) is 9.97 Å². The van der Waals surface area contributed by atoms with Crippen molar-refractivity contribution in [2.45, 2.75) is 20.5 Å². The lowest BCUT2D eigenvalue weighted by Crippen LogP contribution is -2.05. The molecule has 0 bridgehead atoms. The lowest BCUT2D eigenvalue weighted by molar-refractivity contribution is 0.128. The number of hydrogen-bond acceptors (Lipinski definition) is 5. The maximum absolute atomic E-state index is 6.00. The molecule has 0 unspecified atom stereocenters. The highest BCUT2D eigenvalue weighted by atomic mass is 35.5. The molecule has 6 heteroatoms. The molecule has 0 aliphatic carbocycles. The molecule has 20 heavy (non-hydrogen) atoms. The molecule has 1 aromatic carbocycles. The number of ether oxygens (including phenoxy) is 1. The van der Waals surface area contributed by atoms with Gasteiger partial charge in [0.15, 0.2) is 5.82 Å². The minimum Gasteiger partial charge on any atom is -0.384 e. The van der Waals surface area contributed by atoms with Crippen LogP contribution in [-0.2, 0) is 11.3 Å². The summed E-state index contributed by atoms with van der Waals surface area (Å²) in [6, 6.07) is 7.31. The number of nitrogens with one attached hydrogen (secondary N) is 1. The summed E-state index contributed by atoms with van der Waals surface area (Å²) in [4.78, 5) is 8.50. The SMILES string of the molecule is CCOCc1nc(N)cc(Nc2cc(Cl)ccc2C)n1. The number of nitrogens with zero attached hydrogens (tertiary/aromatic N) is 2. The lowest BCUT2D eigenvalue weighted by Gasteiger charge is -2.11. The van der Waals surface area contributed by atoms with Crippen LogP contribution in [-0.4, -0.2) is 16.6 Å². The Labute approximate surface area is 123 Å². The van der Waals surface area contributed by atoms with Gasteiger partial charge in [0, 0.05) is 23.4 Å². The number of aromatic nitrogens is 2. The van der Waals surface area contributed by atoms with Crippen LogP contribution in [0.4, 0.5) is 17.3 Å². The fourth-order valence-corrected chi connectivity index (χ4v) is 1.88. The summed E-state index contributed by atoms with van der Waals surface area (Å²) in [5.74, 6) is 1.57. The topological polar surface area (TPSA) is 73.1 Å². The van der Waals surface area contributed by atoms with Crippen molar-refractivity contribution in [3.8, 4) is 0 Å². The third-order valence-electron chi connectivity index (χ3n) is 2.69. The molecule has 0 spiro atoms. The first-order chi connectivity index (χ1) is 9.58. The average Bonchev–Trinajstić information content (AvgIpc) is 2.40. The number of anilines is 3. The van der Waals surface area contributed by atoms with Crippen LogP contribution in [0, 0.1) is 6.92 Å².